The maximum absolute atomic E-state index is 2.29. The van der Waals surface area contributed by atoms with E-state index in [9.17, 15) is 0 Å². The fourth-order valence-corrected chi connectivity index (χ4v) is 2.58. The lowest BCUT2D eigenvalue weighted by atomic mass is 10.2. The van der Waals surface area contributed by atoms with Crippen LogP contribution in [0.3, 0.4) is 0 Å². The maximum Gasteiger partial charge on any atom is 0.0120 e. The Balaban J connectivity index is 2.44. The van der Waals surface area contributed by atoms with E-state index >= 15 is 0 Å². The summed E-state index contributed by atoms with van der Waals surface area (Å²) in [5, 5.41) is 0. The van der Waals surface area contributed by atoms with Gasteiger partial charge in [-0.25, -0.2) is 0 Å². The molecule has 0 bridgehead atoms. The molecule has 1 aliphatic carbocycles. The minimum absolute atomic E-state index is 1.25. The third-order valence-electron chi connectivity index (χ3n) is 2.04. The largest absolute Gasteiger partial charge is 0.145 e. The molecule has 1 aliphatic rings. The van der Waals surface area contributed by atoms with Crippen LogP contribution in [0.4, 0.5) is 0 Å². The van der Waals surface area contributed by atoms with Crippen molar-refractivity contribution in [3.8, 4) is 0 Å². The van der Waals surface area contributed by atoms with Crippen LogP contribution in [0.1, 0.15) is 28.2 Å². The van der Waals surface area contributed by atoms with Crippen LogP contribution in [-0.2, 0) is 6.42 Å². The normalized spacial score (nSPS) is 16.1. The van der Waals surface area contributed by atoms with Crippen molar-refractivity contribution in [2.75, 3.05) is 0 Å². The zero-order chi connectivity index (χ0) is 7.68. The summed E-state index contributed by atoms with van der Waals surface area (Å²) in [6.07, 6.45) is 8.41. The Bertz CT molecular complexity index is 281. The number of hydrogen-bond acceptors (Lipinski definition) is 1. The van der Waals surface area contributed by atoms with Gasteiger partial charge in [-0.3, -0.25) is 0 Å². The van der Waals surface area contributed by atoms with Crippen LogP contribution in [0.5, 0.6) is 0 Å². The number of fused-ring (bicyclic) bond motifs is 1. The molecule has 11 heavy (non-hydrogen) atoms. The van der Waals surface area contributed by atoms with Crippen molar-refractivity contribution in [1.82, 2.24) is 0 Å². The number of hydrogen-bond donors (Lipinski definition) is 0. The summed E-state index contributed by atoms with van der Waals surface area (Å²) < 4.78 is 0. The number of aryl methyl sites for hydroxylation is 2. The van der Waals surface area contributed by atoms with Gasteiger partial charge in [0.25, 0.3) is 0 Å². The Morgan fingerprint density at radius 2 is 2.36 bits per heavy atom. The topological polar surface area (TPSA) is 0 Å². The van der Waals surface area contributed by atoms with E-state index in [1.807, 2.05) is 11.3 Å². The van der Waals surface area contributed by atoms with E-state index in [4.69, 9.17) is 0 Å². The van der Waals surface area contributed by atoms with Crippen molar-refractivity contribution >= 4 is 17.4 Å². The van der Waals surface area contributed by atoms with Crippen LogP contribution >= 0.6 is 11.3 Å². The van der Waals surface area contributed by atoms with Crippen molar-refractivity contribution in [3.05, 3.63) is 27.5 Å². The highest BCUT2D eigenvalue weighted by atomic mass is 32.1. The molecule has 0 saturated heterocycles. The molecular formula is C10H12S. The predicted octanol–water partition coefficient (Wildman–Crippen LogP) is 3.41. The molecule has 0 amide bonds. The van der Waals surface area contributed by atoms with Crippen molar-refractivity contribution in [3.63, 3.8) is 0 Å². The second-order valence-corrected chi connectivity index (χ2v) is 4.37. The molecule has 0 unspecified atom stereocenters. The minimum Gasteiger partial charge on any atom is -0.145 e. The Morgan fingerprint density at radius 3 is 3.27 bits per heavy atom. The maximum atomic E-state index is 2.29. The van der Waals surface area contributed by atoms with Gasteiger partial charge in [-0.05, 0) is 37.8 Å². The van der Waals surface area contributed by atoms with Gasteiger partial charge in [0.15, 0.2) is 0 Å². The van der Waals surface area contributed by atoms with Crippen molar-refractivity contribution in [1.29, 1.82) is 0 Å². The van der Waals surface area contributed by atoms with Gasteiger partial charge in [0.2, 0.25) is 0 Å². The highest BCUT2D eigenvalue weighted by molar-refractivity contribution is 7.12. The Hall–Kier alpha value is -0.560. The summed E-state index contributed by atoms with van der Waals surface area (Å²) >= 11 is 1.95. The van der Waals surface area contributed by atoms with E-state index in [1.54, 1.807) is 4.88 Å². The van der Waals surface area contributed by atoms with E-state index in [-0.39, 0.29) is 0 Å². The number of thiophene rings is 1. The molecule has 58 valence electrons. The Kier molecular flexibility index (Phi) is 1.82. The van der Waals surface area contributed by atoms with E-state index in [0.717, 1.165) is 0 Å². The highest BCUT2D eigenvalue weighted by Crippen LogP contribution is 2.27. The predicted molar refractivity (Wildman–Crippen MR) is 51.0 cm³/mol. The zero-order valence-corrected chi connectivity index (χ0v) is 7.58. The quantitative estimate of drug-likeness (QED) is 0.551. The fraction of sp³-hybridized carbons (Fsp3) is 0.400. The number of rotatable bonds is 0. The summed E-state index contributed by atoms with van der Waals surface area (Å²) in [4.78, 5) is 3.03. The average Bonchev–Trinajstić information content (AvgIpc) is 2.17. The summed E-state index contributed by atoms with van der Waals surface area (Å²) in [7, 11) is 0. The molecule has 0 saturated carbocycles. The molecule has 1 heterocycles. The number of allylic oxidation sites excluding steroid dienone is 1. The summed E-state index contributed by atoms with van der Waals surface area (Å²) in [5.41, 5.74) is 1.46. The second kappa shape index (κ2) is 2.82. The van der Waals surface area contributed by atoms with Crippen LogP contribution < -0.4 is 0 Å². The van der Waals surface area contributed by atoms with Crippen LogP contribution in [0.25, 0.3) is 6.08 Å². The van der Waals surface area contributed by atoms with Gasteiger partial charge in [-0.15, -0.1) is 11.3 Å². The lowest BCUT2D eigenvalue weighted by molar-refractivity contribution is 0.863. The molecule has 0 atom stereocenters. The summed E-state index contributed by atoms with van der Waals surface area (Å²) in [5.74, 6) is 0. The standard InChI is InChI=1S/C10H12S/c1-8-7-9-5-3-2-4-6-10(9)11-8/h3,5,7H,2,4,6H2,1H3. The molecular weight excluding hydrogens is 152 g/mol. The van der Waals surface area contributed by atoms with E-state index < -0.39 is 0 Å². The molecule has 0 fully saturated rings. The van der Waals surface area contributed by atoms with Crippen molar-refractivity contribution in [2.45, 2.75) is 26.2 Å². The van der Waals surface area contributed by atoms with Gasteiger partial charge in [0.1, 0.15) is 0 Å². The van der Waals surface area contributed by atoms with Crippen LogP contribution in [0.15, 0.2) is 12.1 Å². The third-order valence-corrected chi connectivity index (χ3v) is 3.16. The third kappa shape index (κ3) is 1.38. The first-order chi connectivity index (χ1) is 5.36. The first-order valence-electron chi connectivity index (χ1n) is 4.12. The summed E-state index contributed by atoms with van der Waals surface area (Å²) in [6, 6.07) is 2.29. The molecule has 2 rings (SSSR count). The SMILES string of the molecule is Cc1cc2c(s1)CCCC=C2. The minimum atomic E-state index is 1.25. The molecule has 0 aromatic carbocycles. The van der Waals surface area contributed by atoms with Crippen LogP contribution in [0, 0.1) is 6.92 Å². The van der Waals surface area contributed by atoms with Crippen LogP contribution in [0.2, 0.25) is 0 Å². The Labute approximate surface area is 71.6 Å². The van der Waals surface area contributed by atoms with E-state index in [0.29, 0.717) is 0 Å². The highest BCUT2D eigenvalue weighted by Gasteiger charge is 2.05. The van der Waals surface area contributed by atoms with Gasteiger partial charge in [-0.1, -0.05) is 12.2 Å². The van der Waals surface area contributed by atoms with Crippen LogP contribution in [-0.4, -0.2) is 0 Å². The molecule has 1 heteroatoms. The van der Waals surface area contributed by atoms with Crippen molar-refractivity contribution < 1.29 is 0 Å². The molecule has 0 aliphatic heterocycles. The molecule has 0 nitrogen and oxygen atoms in total. The van der Waals surface area contributed by atoms with Gasteiger partial charge in [-0.2, -0.15) is 0 Å². The lowest BCUT2D eigenvalue weighted by Crippen LogP contribution is -1.77. The Morgan fingerprint density at radius 1 is 1.45 bits per heavy atom. The second-order valence-electron chi connectivity index (χ2n) is 3.03. The fourth-order valence-electron chi connectivity index (χ4n) is 1.51. The molecule has 0 N–H and O–H groups in total. The molecule has 1 aromatic rings. The van der Waals surface area contributed by atoms with E-state index in [2.05, 4.69) is 25.1 Å². The molecule has 0 radical (unpaired) electrons. The van der Waals surface area contributed by atoms with Crippen molar-refractivity contribution in [2.24, 2.45) is 0 Å². The van der Waals surface area contributed by atoms with Gasteiger partial charge in [0.05, 0.1) is 0 Å². The van der Waals surface area contributed by atoms with Gasteiger partial charge in [0, 0.05) is 9.75 Å². The first kappa shape index (κ1) is 7.11. The average molecular weight is 164 g/mol. The smallest absolute Gasteiger partial charge is 0.0120 e. The summed E-state index contributed by atoms with van der Waals surface area (Å²) in [6.45, 7) is 2.19. The van der Waals surface area contributed by atoms with Gasteiger partial charge < -0.3 is 0 Å². The van der Waals surface area contributed by atoms with E-state index in [1.165, 1.54) is 29.7 Å². The lowest BCUT2D eigenvalue weighted by Gasteiger charge is -1.91. The first-order valence-corrected chi connectivity index (χ1v) is 4.94. The molecule has 0 spiro atoms. The van der Waals surface area contributed by atoms with Gasteiger partial charge >= 0.3 is 0 Å². The molecule has 1 aromatic heterocycles. The monoisotopic (exact) mass is 164 g/mol. The zero-order valence-electron chi connectivity index (χ0n) is 6.76.